The molecule has 0 bridgehead atoms. The van der Waals surface area contributed by atoms with E-state index in [1.165, 1.54) is 12.1 Å². The topological polar surface area (TPSA) is 86.6 Å². The lowest BCUT2D eigenvalue weighted by Crippen LogP contribution is -2.53. The van der Waals surface area contributed by atoms with E-state index in [0.717, 1.165) is 5.56 Å². The van der Waals surface area contributed by atoms with E-state index in [0.29, 0.717) is 12.8 Å². The molecule has 5 nitrogen and oxygen atoms in total. The molecule has 3 N–H and O–H groups in total. The van der Waals surface area contributed by atoms with Gasteiger partial charge in [-0.05, 0) is 36.5 Å². The van der Waals surface area contributed by atoms with Gasteiger partial charge in [0, 0.05) is 12.5 Å². The average molecular weight is 293 g/mol. The Balaban J connectivity index is 1.75. The molecule has 4 atom stereocenters. The van der Waals surface area contributed by atoms with Crippen LogP contribution in [0.15, 0.2) is 24.3 Å². The summed E-state index contributed by atoms with van der Waals surface area (Å²) < 4.78 is 12.9. The number of fused-ring (bicyclic) bond motifs is 1. The second-order valence-corrected chi connectivity index (χ2v) is 5.85. The number of rotatable bonds is 5. The van der Waals surface area contributed by atoms with Gasteiger partial charge in [-0.2, -0.15) is 0 Å². The van der Waals surface area contributed by atoms with Crippen molar-refractivity contribution in [2.45, 2.75) is 24.9 Å². The molecule has 0 saturated heterocycles. The lowest BCUT2D eigenvalue weighted by atomic mass is 9.90. The van der Waals surface area contributed by atoms with E-state index in [1.807, 2.05) is 0 Å². The molecule has 0 spiro atoms. The van der Waals surface area contributed by atoms with Crippen molar-refractivity contribution in [3.63, 3.8) is 0 Å². The summed E-state index contributed by atoms with van der Waals surface area (Å²) in [5.41, 5.74) is -0.407. The minimum absolute atomic E-state index is 0.0423. The molecule has 3 rings (SSSR count). The van der Waals surface area contributed by atoms with E-state index >= 15 is 0 Å². The van der Waals surface area contributed by atoms with E-state index < -0.39 is 23.4 Å². The zero-order chi connectivity index (χ0) is 15.2. The van der Waals surface area contributed by atoms with Crippen molar-refractivity contribution in [3.05, 3.63) is 35.6 Å². The Hall–Kier alpha value is -1.95. The lowest BCUT2D eigenvalue weighted by molar-refractivity contribution is -0.147. The van der Waals surface area contributed by atoms with Gasteiger partial charge < -0.3 is 10.2 Å². The quantitative estimate of drug-likeness (QED) is 0.765. The van der Waals surface area contributed by atoms with Crippen molar-refractivity contribution in [1.29, 1.82) is 0 Å². The summed E-state index contributed by atoms with van der Waals surface area (Å²) >= 11 is 0. The first-order valence-corrected chi connectivity index (χ1v) is 6.91. The third kappa shape index (κ3) is 2.19. The second-order valence-electron chi connectivity index (χ2n) is 5.85. The Morgan fingerprint density at radius 3 is 2.48 bits per heavy atom. The van der Waals surface area contributed by atoms with Crippen LogP contribution >= 0.6 is 0 Å². The van der Waals surface area contributed by atoms with Crippen LogP contribution in [-0.4, -0.2) is 27.7 Å². The largest absolute Gasteiger partial charge is 0.481 e. The van der Waals surface area contributed by atoms with Crippen molar-refractivity contribution < 1.29 is 24.2 Å². The van der Waals surface area contributed by atoms with Crippen LogP contribution < -0.4 is 5.32 Å². The SMILES string of the molecule is O=C(O)C1C2CCC(NCc3ccc(F)cc3)(C(=O)O)C21. The van der Waals surface area contributed by atoms with Crippen molar-refractivity contribution in [1.82, 2.24) is 5.32 Å². The third-order valence-corrected chi connectivity index (χ3v) is 4.80. The van der Waals surface area contributed by atoms with Gasteiger partial charge in [0.15, 0.2) is 0 Å². The van der Waals surface area contributed by atoms with Crippen LogP contribution in [0.3, 0.4) is 0 Å². The van der Waals surface area contributed by atoms with Crippen molar-refractivity contribution in [2.24, 2.45) is 17.8 Å². The van der Waals surface area contributed by atoms with Crippen LogP contribution in [-0.2, 0) is 16.1 Å². The van der Waals surface area contributed by atoms with Crippen molar-refractivity contribution in [2.75, 3.05) is 0 Å². The summed E-state index contributed by atoms with van der Waals surface area (Å²) in [5.74, 6) is -3.22. The first kappa shape index (κ1) is 14.0. The van der Waals surface area contributed by atoms with Gasteiger partial charge in [0.1, 0.15) is 11.4 Å². The summed E-state index contributed by atoms with van der Waals surface area (Å²) in [7, 11) is 0. The first-order chi connectivity index (χ1) is 9.95. The molecule has 112 valence electrons. The molecule has 1 aromatic rings. The molecule has 6 heteroatoms. The monoisotopic (exact) mass is 293 g/mol. The Kier molecular flexibility index (Phi) is 3.20. The zero-order valence-corrected chi connectivity index (χ0v) is 11.3. The van der Waals surface area contributed by atoms with Gasteiger partial charge in [0.2, 0.25) is 0 Å². The fraction of sp³-hybridized carbons (Fsp3) is 0.467. The molecule has 1 aromatic carbocycles. The molecule has 0 aromatic heterocycles. The average Bonchev–Trinajstić information content (AvgIpc) is 3.06. The minimum Gasteiger partial charge on any atom is -0.481 e. The minimum atomic E-state index is -1.18. The number of halogens is 1. The molecule has 0 radical (unpaired) electrons. The second kappa shape index (κ2) is 4.80. The highest BCUT2D eigenvalue weighted by Crippen LogP contribution is 2.62. The predicted molar refractivity (Wildman–Crippen MR) is 70.9 cm³/mol. The number of hydrogen-bond acceptors (Lipinski definition) is 3. The Morgan fingerprint density at radius 2 is 1.95 bits per heavy atom. The molecule has 0 amide bonds. The molecule has 2 aliphatic carbocycles. The van der Waals surface area contributed by atoms with Gasteiger partial charge in [-0.25, -0.2) is 4.39 Å². The molecule has 4 unspecified atom stereocenters. The number of aliphatic carboxylic acids is 2. The van der Waals surface area contributed by atoms with Gasteiger partial charge in [-0.1, -0.05) is 12.1 Å². The summed E-state index contributed by atoms with van der Waals surface area (Å²) in [6.45, 7) is 0.280. The van der Waals surface area contributed by atoms with Crippen LogP contribution in [0.5, 0.6) is 0 Å². The Bertz CT molecular complexity index is 588. The van der Waals surface area contributed by atoms with E-state index in [2.05, 4.69) is 5.32 Å². The number of benzene rings is 1. The summed E-state index contributed by atoms with van der Waals surface area (Å²) in [5, 5.41) is 21.7. The number of carbonyl (C=O) groups is 2. The standard InChI is InChI=1S/C15H16FNO4/c16-9-3-1-8(2-4-9)7-17-15(14(20)21)6-5-10-11(12(10)15)13(18)19/h1-4,10-12,17H,5-7H2,(H,18,19)(H,20,21). The van der Waals surface area contributed by atoms with E-state index in [1.54, 1.807) is 12.1 Å². The van der Waals surface area contributed by atoms with E-state index in [4.69, 9.17) is 5.11 Å². The highest BCUT2D eigenvalue weighted by atomic mass is 19.1. The Morgan fingerprint density at radius 1 is 1.29 bits per heavy atom. The molecule has 0 aliphatic heterocycles. The van der Waals surface area contributed by atoms with E-state index in [-0.39, 0.29) is 24.2 Å². The third-order valence-electron chi connectivity index (χ3n) is 4.80. The van der Waals surface area contributed by atoms with Crippen molar-refractivity contribution in [3.8, 4) is 0 Å². The smallest absolute Gasteiger partial charge is 0.324 e. The molecule has 21 heavy (non-hydrogen) atoms. The molecule has 2 saturated carbocycles. The van der Waals surface area contributed by atoms with Crippen LogP contribution in [0.2, 0.25) is 0 Å². The zero-order valence-electron chi connectivity index (χ0n) is 11.3. The van der Waals surface area contributed by atoms with Gasteiger partial charge in [0.25, 0.3) is 0 Å². The summed E-state index contributed by atoms with van der Waals surface area (Å²) in [6, 6.07) is 5.82. The number of nitrogens with one attached hydrogen (secondary N) is 1. The summed E-state index contributed by atoms with van der Waals surface area (Å²) in [4.78, 5) is 22.8. The fourth-order valence-corrected chi connectivity index (χ4v) is 3.70. The van der Waals surface area contributed by atoms with Gasteiger partial charge in [-0.3, -0.25) is 14.9 Å². The van der Waals surface area contributed by atoms with E-state index in [9.17, 15) is 19.1 Å². The van der Waals surface area contributed by atoms with Crippen molar-refractivity contribution >= 4 is 11.9 Å². The molecule has 2 aliphatic rings. The molecule has 0 heterocycles. The van der Waals surface area contributed by atoms with Gasteiger partial charge in [0.05, 0.1) is 5.92 Å². The van der Waals surface area contributed by atoms with Crippen LogP contribution in [0.4, 0.5) is 4.39 Å². The number of carboxylic acids is 2. The maximum absolute atomic E-state index is 12.9. The maximum Gasteiger partial charge on any atom is 0.324 e. The first-order valence-electron chi connectivity index (χ1n) is 6.91. The highest BCUT2D eigenvalue weighted by Gasteiger charge is 2.71. The number of carboxylic acid groups (broad SMARTS) is 2. The van der Waals surface area contributed by atoms with Crippen LogP contribution in [0.25, 0.3) is 0 Å². The molecular weight excluding hydrogens is 277 g/mol. The Labute approximate surface area is 120 Å². The number of hydrogen-bond donors (Lipinski definition) is 3. The summed E-state index contributed by atoms with van der Waals surface area (Å²) in [6.07, 6.45) is 1.05. The lowest BCUT2D eigenvalue weighted by Gasteiger charge is -2.28. The van der Waals surface area contributed by atoms with Gasteiger partial charge >= 0.3 is 11.9 Å². The van der Waals surface area contributed by atoms with Gasteiger partial charge in [-0.15, -0.1) is 0 Å². The normalized spacial score (nSPS) is 33.5. The molecule has 2 fully saturated rings. The predicted octanol–water partition coefficient (Wildman–Crippen LogP) is 1.48. The fourth-order valence-electron chi connectivity index (χ4n) is 3.70. The molecular formula is C15H16FNO4. The highest BCUT2D eigenvalue weighted by molar-refractivity contribution is 5.85. The van der Waals surface area contributed by atoms with Crippen LogP contribution in [0, 0.1) is 23.6 Å². The van der Waals surface area contributed by atoms with Crippen LogP contribution in [0.1, 0.15) is 18.4 Å². The maximum atomic E-state index is 12.9.